The number of aromatic nitrogens is 2. The highest BCUT2D eigenvalue weighted by Crippen LogP contribution is 2.35. The van der Waals surface area contributed by atoms with E-state index in [1.165, 1.54) is 10.9 Å². The second kappa shape index (κ2) is 5.48. The lowest BCUT2D eigenvalue weighted by Gasteiger charge is -2.07. The first-order chi connectivity index (χ1) is 10.1. The fourth-order valence-corrected chi connectivity index (χ4v) is 3.42. The van der Waals surface area contributed by atoms with E-state index in [0.29, 0.717) is 0 Å². The van der Waals surface area contributed by atoms with Crippen LogP contribution in [-0.2, 0) is 13.0 Å². The fourth-order valence-electron chi connectivity index (χ4n) is 2.56. The SMILES string of the molecule is CCCn1c(-c2cc(CC)sc2N)nc2ccc(F)cc21. The van der Waals surface area contributed by atoms with Crippen LogP contribution in [-0.4, -0.2) is 9.55 Å². The Hall–Kier alpha value is -1.88. The average molecular weight is 303 g/mol. The van der Waals surface area contributed by atoms with Gasteiger partial charge in [0.1, 0.15) is 11.6 Å². The molecule has 5 heteroatoms. The molecule has 3 nitrogen and oxygen atoms in total. The number of fused-ring (bicyclic) bond motifs is 1. The van der Waals surface area contributed by atoms with Gasteiger partial charge in [0.2, 0.25) is 0 Å². The smallest absolute Gasteiger partial charge is 0.144 e. The highest BCUT2D eigenvalue weighted by Gasteiger charge is 2.17. The van der Waals surface area contributed by atoms with Crippen LogP contribution in [0.5, 0.6) is 0 Å². The number of anilines is 1. The maximum absolute atomic E-state index is 13.5. The summed E-state index contributed by atoms with van der Waals surface area (Å²) in [6, 6.07) is 6.82. The number of nitrogen functional groups attached to an aromatic ring is 1. The predicted octanol–water partition coefficient (Wildman–Crippen LogP) is 4.46. The first-order valence-corrected chi connectivity index (χ1v) is 8.00. The highest BCUT2D eigenvalue weighted by molar-refractivity contribution is 7.16. The Morgan fingerprint density at radius 1 is 1.29 bits per heavy atom. The van der Waals surface area contributed by atoms with Crippen molar-refractivity contribution in [2.45, 2.75) is 33.2 Å². The van der Waals surface area contributed by atoms with Crippen LogP contribution >= 0.6 is 11.3 Å². The van der Waals surface area contributed by atoms with E-state index >= 15 is 0 Å². The van der Waals surface area contributed by atoms with Gasteiger partial charge in [0.25, 0.3) is 0 Å². The Morgan fingerprint density at radius 2 is 2.10 bits per heavy atom. The molecule has 0 unspecified atom stereocenters. The van der Waals surface area contributed by atoms with E-state index in [1.54, 1.807) is 23.5 Å². The minimum Gasteiger partial charge on any atom is -0.390 e. The number of nitrogens with zero attached hydrogens (tertiary/aromatic N) is 2. The Labute approximate surface area is 127 Å². The summed E-state index contributed by atoms with van der Waals surface area (Å²) in [4.78, 5) is 5.91. The normalized spacial score (nSPS) is 11.4. The molecule has 2 N–H and O–H groups in total. The largest absolute Gasteiger partial charge is 0.390 e. The molecule has 2 heterocycles. The molecule has 0 atom stereocenters. The maximum atomic E-state index is 13.5. The van der Waals surface area contributed by atoms with Gasteiger partial charge in [-0.25, -0.2) is 9.37 Å². The van der Waals surface area contributed by atoms with Gasteiger partial charge in [-0.2, -0.15) is 0 Å². The zero-order valence-electron chi connectivity index (χ0n) is 12.2. The van der Waals surface area contributed by atoms with Gasteiger partial charge in [0, 0.05) is 11.4 Å². The lowest BCUT2D eigenvalue weighted by Crippen LogP contribution is -2.00. The standard InChI is InChI=1S/C16H18FN3S/c1-3-7-20-14-8-10(17)5-6-13(14)19-16(20)12-9-11(4-2)21-15(12)18/h5-6,8-9H,3-4,7,18H2,1-2H3. The lowest BCUT2D eigenvalue weighted by atomic mass is 10.2. The van der Waals surface area contributed by atoms with Crippen LogP contribution in [0.15, 0.2) is 24.3 Å². The summed E-state index contributed by atoms with van der Waals surface area (Å²) in [5.74, 6) is 0.602. The molecule has 0 aliphatic heterocycles. The molecule has 0 bridgehead atoms. The number of rotatable bonds is 4. The van der Waals surface area contributed by atoms with Crippen molar-refractivity contribution < 1.29 is 4.39 Å². The number of benzene rings is 1. The third-order valence-electron chi connectivity index (χ3n) is 3.56. The van der Waals surface area contributed by atoms with Crippen molar-refractivity contribution in [2.75, 3.05) is 5.73 Å². The van der Waals surface area contributed by atoms with E-state index in [9.17, 15) is 4.39 Å². The van der Waals surface area contributed by atoms with Gasteiger partial charge in [-0.05, 0) is 37.1 Å². The van der Waals surface area contributed by atoms with E-state index in [2.05, 4.69) is 29.5 Å². The molecule has 0 fully saturated rings. The molecule has 0 aliphatic rings. The number of halogens is 1. The van der Waals surface area contributed by atoms with Gasteiger partial charge in [-0.3, -0.25) is 0 Å². The number of imidazole rings is 1. The quantitative estimate of drug-likeness (QED) is 0.773. The minimum absolute atomic E-state index is 0.237. The molecule has 2 aromatic heterocycles. The van der Waals surface area contributed by atoms with E-state index < -0.39 is 0 Å². The zero-order valence-corrected chi connectivity index (χ0v) is 13.0. The lowest BCUT2D eigenvalue weighted by molar-refractivity contribution is 0.627. The van der Waals surface area contributed by atoms with Crippen LogP contribution in [0.1, 0.15) is 25.1 Å². The van der Waals surface area contributed by atoms with Crippen molar-refractivity contribution in [1.82, 2.24) is 9.55 Å². The molecule has 1 aromatic carbocycles. The molecule has 3 rings (SSSR count). The van der Waals surface area contributed by atoms with Crippen molar-refractivity contribution in [1.29, 1.82) is 0 Å². The van der Waals surface area contributed by atoms with Crippen LogP contribution in [0.4, 0.5) is 9.39 Å². The van der Waals surface area contributed by atoms with E-state index in [4.69, 9.17) is 5.73 Å². The van der Waals surface area contributed by atoms with Crippen LogP contribution in [0.25, 0.3) is 22.4 Å². The molecule has 0 spiro atoms. The summed E-state index contributed by atoms with van der Waals surface area (Å²) in [6.07, 6.45) is 1.91. The number of thiophene rings is 1. The monoisotopic (exact) mass is 303 g/mol. The molecule has 21 heavy (non-hydrogen) atoms. The summed E-state index contributed by atoms with van der Waals surface area (Å²) in [5.41, 5.74) is 8.75. The summed E-state index contributed by atoms with van der Waals surface area (Å²) >= 11 is 1.60. The van der Waals surface area contributed by atoms with Crippen LogP contribution in [0.2, 0.25) is 0 Å². The van der Waals surface area contributed by atoms with Crippen molar-refractivity contribution in [2.24, 2.45) is 0 Å². The highest BCUT2D eigenvalue weighted by atomic mass is 32.1. The predicted molar refractivity (Wildman–Crippen MR) is 87.1 cm³/mol. The number of aryl methyl sites for hydroxylation is 2. The van der Waals surface area contributed by atoms with E-state index in [-0.39, 0.29) is 5.82 Å². The summed E-state index contributed by atoms with van der Waals surface area (Å²) in [5, 5.41) is 0.778. The number of hydrogen-bond acceptors (Lipinski definition) is 3. The molecule has 0 saturated carbocycles. The Kier molecular flexibility index (Phi) is 3.68. The number of nitrogens with two attached hydrogens (primary N) is 1. The Bertz CT molecular complexity index is 788. The van der Waals surface area contributed by atoms with E-state index in [1.807, 2.05) is 0 Å². The second-order valence-electron chi connectivity index (χ2n) is 5.06. The molecule has 0 amide bonds. The van der Waals surface area contributed by atoms with Gasteiger partial charge < -0.3 is 10.3 Å². The molecule has 0 radical (unpaired) electrons. The van der Waals surface area contributed by atoms with Crippen molar-refractivity contribution >= 4 is 27.4 Å². The van der Waals surface area contributed by atoms with Crippen molar-refractivity contribution in [3.63, 3.8) is 0 Å². The molecular formula is C16H18FN3S. The van der Waals surface area contributed by atoms with Crippen LogP contribution in [0, 0.1) is 5.82 Å². The topological polar surface area (TPSA) is 43.8 Å². The van der Waals surface area contributed by atoms with E-state index in [0.717, 1.165) is 46.8 Å². The van der Waals surface area contributed by atoms with Crippen molar-refractivity contribution in [3.05, 3.63) is 35.0 Å². The Morgan fingerprint density at radius 3 is 2.76 bits per heavy atom. The third-order valence-corrected chi connectivity index (χ3v) is 4.67. The van der Waals surface area contributed by atoms with Gasteiger partial charge in [0.05, 0.1) is 21.6 Å². The summed E-state index contributed by atoms with van der Waals surface area (Å²) < 4.78 is 15.6. The zero-order chi connectivity index (χ0) is 15.0. The second-order valence-corrected chi connectivity index (χ2v) is 6.23. The van der Waals surface area contributed by atoms with Crippen LogP contribution in [0.3, 0.4) is 0 Å². The minimum atomic E-state index is -0.237. The van der Waals surface area contributed by atoms with Crippen LogP contribution < -0.4 is 5.73 Å². The van der Waals surface area contributed by atoms with Gasteiger partial charge in [-0.15, -0.1) is 11.3 Å². The molecule has 0 saturated heterocycles. The van der Waals surface area contributed by atoms with Gasteiger partial charge >= 0.3 is 0 Å². The molecule has 110 valence electrons. The molecule has 0 aliphatic carbocycles. The maximum Gasteiger partial charge on any atom is 0.144 e. The first-order valence-electron chi connectivity index (χ1n) is 7.18. The molecular weight excluding hydrogens is 285 g/mol. The third kappa shape index (κ3) is 2.42. The average Bonchev–Trinajstić information content (AvgIpc) is 3.00. The summed E-state index contributed by atoms with van der Waals surface area (Å²) in [6.45, 7) is 5.01. The van der Waals surface area contributed by atoms with Crippen molar-refractivity contribution in [3.8, 4) is 11.4 Å². The summed E-state index contributed by atoms with van der Waals surface area (Å²) in [7, 11) is 0. The number of hydrogen-bond donors (Lipinski definition) is 1. The first kappa shape index (κ1) is 14.1. The molecule has 3 aromatic rings. The fraction of sp³-hybridized carbons (Fsp3) is 0.312. The van der Waals surface area contributed by atoms with Gasteiger partial charge in [-0.1, -0.05) is 13.8 Å². The van der Waals surface area contributed by atoms with Gasteiger partial charge in [0.15, 0.2) is 0 Å². The Balaban J connectivity index is 2.25.